The molecule has 0 saturated heterocycles. The number of halogens is 1. The lowest BCUT2D eigenvalue weighted by Gasteiger charge is -2.27. The first-order valence-corrected chi connectivity index (χ1v) is 5.22. The van der Waals surface area contributed by atoms with E-state index in [2.05, 4.69) is 0 Å². The van der Waals surface area contributed by atoms with Gasteiger partial charge in [-0.25, -0.2) is 4.39 Å². The van der Waals surface area contributed by atoms with Crippen LogP contribution < -0.4 is 5.73 Å². The third kappa shape index (κ3) is 2.55. The zero-order valence-corrected chi connectivity index (χ0v) is 9.26. The fourth-order valence-corrected chi connectivity index (χ4v) is 1.76. The van der Waals surface area contributed by atoms with Crippen molar-refractivity contribution in [2.45, 2.75) is 32.3 Å². The van der Waals surface area contributed by atoms with Gasteiger partial charge in [0.1, 0.15) is 11.4 Å². The van der Waals surface area contributed by atoms with Crippen molar-refractivity contribution < 1.29 is 9.50 Å². The van der Waals surface area contributed by atoms with Crippen LogP contribution in [0.4, 0.5) is 4.39 Å². The van der Waals surface area contributed by atoms with Crippen LogP contribution in [0.3, 0.4) is 0 Å². The molecule has 1 rings (SSSR count). The molecule has 1 aromatic rings. The molecule has 0 aliphatic heterocycles. The van der Waals surface area contributed by atoms with E-state index in [-0.39, 0.29) is 12.4 Å². The summed E-state index contributed by atoms with van der Waals surface area (Å²) in [4.78, 5) is 0. The predicted octanol–water partition coefficient (Wildman–Crippen LogP) is 2.08. The van der Waals surface area contributed by atoms with Gasteiger partial charge >= 0.3 is 0 Å². The molecule has 84 valence electrons. The fourth-order valence-electron chi connectivity index (χ4n) is 1.76. The first-order valence-electron chi connectivity index (χ1n) is 5.22. The number of nitrogens with two attached hydrogens (primary N) is 1. The highest BCUT2D eigenvalue weighted by atomic mass is 19.1. The van der Waals surface area contributed by atoms with Crippen LogP contribution in [0.1, 0.15) is 30.9 Å². The van der Waals surface area contributed by atoms with Gasteiger partial charge in [0.2, 0.25) is 0 Å². The van der Waals surface area contributed by atoms with Crippen LogP contribution in [-0.4, -0.2) is 11.7 Å². The van der Waals surface area contributed by atoms with Crippen molar-refractivity contribution in [1.82, 2.24) is 0 Å². The molecule has 0 amide bonds. The van der Waals surface area contributed by atoms with Gasteiger partial charge in [-0.3, -0.25) is 0 Å². The molecular weight excluding hydrogens is 193 g/mol. The molecule has 1 atom stereocenters. The van der Waals surface area contributed by atoms with Crippen molar-refractivity contribution in [1.29, 1.82) is 0 Å². The summed E-state index contributed by atoms with van der Waals surface area (Å²) in [6, 6.07) is 4.72. The third-order valence-corrected chi connectivity index (χ3v) is 2.62. The minimum Gasteiger partial charge on any atom is -0.384 e. The lowest BCUT2D eigenvalue weighted by molar-refractivity contribution is 0.0323. The van der Waals surface area contributed by atoms with Gasteiger partial charge in [0, 0.05) is 12.1 Å². The summed E-state index contributed by atoms with van der Waals surface area (Å²) in [5, 5.41) is 10.2. The zero-order chi connectivity index (χ0) is 11.5. The van der Waals surface area contributed by atoms with Crippen LogP contribution in [-0.2, 0) is 5.60 Å². The normalized spacial score (nSPS) is 15.0. The molecule has 0 bridgehead atoms. The molecule has 15 heavy (non-hydrogen) atoms. The van der Waals surface area contributed by atoms with Crippen LogP contribution in [0.5, 0.6) is 0 Å². The number of benzene rings is 1. The first kappa shape index (κ1) is 12.1. The highest BCUT2D eigenvalue weighted by molar-refractivity contribution is 5.29. The number of hydrogen-bond donors (Lipinski definition) is 2. The minimum atomic E-state index is -1.23. The second kappa shape index (κ2) is 4.73. The number of aryl methyl sites for hydroxylation is 1. The number of aliphatic hydroxyl groups is 1. The number of hydrogen-bond acceptors (Lipinski definition) is 2. The number of rotatable bonds is 4. The maximum absolute atomic E-state index is 13.6. The molecule has 0 saturated carbocycles. The summed E-state index contributed by atoms with van der Waals surface area (Å²) < 4.78 is 13.6. The lowest BCUT2D eigenvalue weighted by atomic mass is 9.88. The monoisotopic (exact) mass is 211 g/mol. The smallest absolute Gasteiger partial charge is 0.129 e. The highest BCUT2D eigenvalue weighted by Gasteiger charge is 2.29. The van der Waals surface area contributed by atoms with Gasteiger partial charge in [-0.1, -0.05) is 31.0 Å². The Balaban J connectivity index is 3.16. The molecule has 0 aliphatic carbocycles. The van der Waals surface area contributed by atoms with Crippen LogP contribution in [0, 0.1) is 12.7 Å². The molecule has 0 fully saturated rings. The summed E-state index contributed by atoms with van der Waals surface area (Å²) in [5.74, 6) is -0.387. The van der Waals surface area contributed by atoms with E-state index in [9.17, 15) is 9.50 Å². The van der Waals surface area contributed by atoms with Crippen LogP contribution in [0.15, 0.2) is 18.2 Å². The van der Waals surface area contributed by atoms with Gasteiger partial charge in [-0.05, 0) is 19.4 Å². The van der Waals surface area contributed by atoms with Gasteiger partial charge < -0.3 is 10.8 Å². The SMILES string of the molecule is CCCC(O)(CN)c1cc(C)ccc1F. The van der Waals surface area contributed by atoms with E-state index in [1.165, 1.54) is 6.07 Å². The molecule has 0 radical (unpaired) electrons. The lowest BCUT2D eigenvalue weighted by Crippen LogP contribution is -2.35. The molecule has 3 N–H and O–H groups in total. The van der Waals surface area contributed by atoms with Crippen LogP contribution in [0.2, 0.25) is 0 Å². The maximum Gasteiger partial charge on any atom is 0.129 e. The largest absolute Gasteiger partial charge is 0.384 e. The Morgan fingerprint density at radius 2 is 2.13 bits per heavy atom. The molecule has 0 heterocycles. The summed E-state index contributed by atoms with van der Waals surface area (Å²) >= 11 is 0. The Morgan fingerprint density at radius 3 is 2.67 bits per heavy atom. The topological polar surface area (TPSA) is 46.2 Å². The molecule has 1 unspecified atom stereocenters. The van der Waals surface area contributed by atoms with E-state index < -0.39 is 5.60 Å². The Labute approximate surface area is 89.9 Å². The third-order valence-electron chi connectivity index (χ3n) is 2.62. The van der Waals surface area contributed by atoms with Crippen molar-refractivity contribution in [3.8, 4) is 0 Å². The first-order chi connectivity index (χ1) is 7.03. The Morgan fingerprint density at radius 1 is 1.47 bits per heavy atom. The van der Waals surface area contributed by atoms with Gasteiger partial charge in [0.05, 0.1) is 0 Å². The standard InChI is InChI=1S/C12H18FNO/c1-3-6-12(15,8-14)10-7-9(2)4-5-11(10)13/h4-5,7,15H,3,6,8,14H2,1-2H3. The summed E-state index contributed by atoms with van der Waals surface area (Å²) in [6.45, 7) is 3.85. The quantitative estimate of drug-likeness (QED) is 0.801. The summed E-state index contributed by atoms with van der Waals surface area (Å²) in [7, 11) is 0. The van der Waals surface area contributed by atoms with E-state index in [1.54, 1.807) is 12.1 Å². The highest BCUT2D eigenvalue weighted by Crippen LogP contribution is 2.28. The molecule has 1 aromatic carbocycles. The van der Waals surface area contributed by atoms with E-state index in [0.29, 0.717) is 12.0 Å². The molecular formula is C12H18FNO. The average Bonchev–Trinajstić information content (AvgIpc) is 2.22. The van der Waals surface area contributed by atoms with Gasteiger partial charge in [-0.2, -0.15) is 0 Å². The Bertz CT molecular complexity index is 340. The second-order valence-corrected chi connectivity index (χ2v) is 3.97. The Kier molecular flexibility index (Phi) is 3.83. The second-order valence-electron chi connectivity index (χ2n) is 3.97. The molecule has 3 heteroatoms. The Hall–Kier alpha value is -0.930. The summed E-state index contributed by atoms with van der Waals surface area (Å²) in [6.07, 6.45) is 1.24. The van der Waals surface area contributed by atoms with Crippen LogP contribution >= 0.6 is 0 Å². The maximum atomic E-state index is 13.6. The van der Waals surface area contributed by atoms with E-state index >= 15 is 0 Å². The molecule has 0 spiro atoms. The fraction of sp³-hybridized carbons (Fsp3) is 0.500. The van der Waals surface area contributed by atoms with Gasteiger partial charge in [-0.15, -0.1) is 0 Å². The van der Waals surface area contributed by atoms with E-state index in [1.807, 2.05) is 13.8 Å². The van der Waals surface area contributed by atoms with Crippen LogP contribution in [0.25, 0.3) is 0 Å². The van der Waals surface area contributed by atoms with Gasteiger partial charge in [0.25, 0.3) is 0 Å². The van der Waals surface area contributed by atoms with E-state index in [0.717, 1.165) is 12.0 Å². The zero-order valence-electron chi connectivity index (χ0n) is 9.26. The minimum absolute atomic E-state index is 0.0429. The average molecular weight is 211 g/mol. The van der Waals surface area contributed by atoms with Crippen molar-refractivity contribution in [3.63, 3.8) is 0 Å². The van der Waals surface area contributed by atoms with Crippen molar-refractivity contribution in [2.75, 3.05) is 6.54 Å². The van der Waals surface area contributed by atoms with E-state index in [4.69, 9.17) is 5.73 Å². The molecule has 2 nitrogen and oxygen atoms in total. The van der Waals surface area contributed by atoms with Crippen molar-refractivity contribution in [3.05, 3.63) is 35.1 Å². The van der Waals surface area contributed by atoms with Crippen molar-refractivity contribution >= 4 is 0 Å². The van der Waals surface area contributed by atoms with Crippen molar-refractivity contribution in [2.24, 2.45) is 5.73 Å². The molecule has 0 aromatic heterocycles. The molecule has 0 aliphatic rings. The van der Waals surface area contributed by atoms with Gasteiger partial charge in [0.15, 0.2) is 0 Å². The predicted molar refractivity (Wildman–Crippen MR) is 59.0 cm³/mol. The summed E-state index contributed by atoms with van der Waals surface area (Å²) in [5.41, 5.74) is 5.53.